The van der Waals surface area contributed by atoms with E-state index in [1.54, 1.807) is 0 Å². The molecule has 2 aliphatic rings. The molecule has 2 N–H and O–H groups in total. The SMILES string of the molecule is C=C(F)C(=O)NCCNc1nc(OC[C@@H]2CCCN2C)nc2nc(-c3cccc4c3SCCC4)ccc12. The predicted molar refractivity (Wildman–Crippen MR) is 145 cm³/mol. The summed E-state index contributed by atoms with van der Waals surface area (Å²) in [6, 6.07) is 10.9. The van der Waals surface area contributed by atoms with E-state index in [0.717, 1.165) is 48.2 Å². The number of likely N-dealkylation sites (N-methyl/N-ethyl adjacent to an activating group) is 1. The van der Waals surface area contributed by atoms with E-state index in [1.807, 2.05) is 23.9 Å². The summed E-state index contributed by atoms with van der Waals surface area (Å²) in [4.78, 5) is 29.2. The molecule has 2 aliphatic heterocycles. The summed E-state index contributed by atoms with van der Waals surface area (Å²) in [5, 5.41) is 6.43. The van der Waals surface area contributed by atoms with Gasteiger partial charge >= 0.3 is 6.01 Å². The lowest BCUT2D eigenvalue weighted by Crippen LogP contribution is -2.31. The van der Waals surface area contributed by atoms with Crippen molar-refractivity contribution in [2.45, 2.75) is 36.6 Å². The quantitative estimate of drug-likeness (QED) is 0.319. The first-order valence-corrected chi connectivity index (χ1v) is 13.6. The molecule has 0 saturated carbocycles. The molecule has 4 heterocycles. The Labute approximate surface area is 220 Å². The number of hydrogen-bond acceptors (Lipinski definition) is 8. The van der Waals surface area contributed by atoms with Crippen molar-refractivity contribution in [1.29, 1.82) is 0 Å². The van der Waals surface area contributed by atoms with Gasteiger partial charge in [0.2, 0.25) is 0 Å². The van der Waals surface area contributed by atoms with Crippen LogP contribution in [-0.2, 0) is 11.2 Å². The highest BCUT2D eigenvalue weighted by atomic mass is 32.2. The van der Waals surface area contributed by atoms with Crippen LogP contribution in [-0.4, -0.2) is 70.8 Å². The number of amides is 1. The van der Waals surface area contributed by atoms with Gasteiger partial charge in [0, 0.05) is 29.6 Å². The van der Waals surface area contributed by atoms with Crippen LogP contribution in [0.4, 0.5) is 10.2 Å². The maximum absolute atomic E-state index is 13.0. The zero-order valence-corrected chi connectivity index (χ0v) is 21.7. The Balaban J connectivity index is 1.43. The normalized spacial score (nSPS) is 17.4. The number of carbonyl (C=O) groups is 1. The standard InChI is InChI=1S/C27H31FN6O2S/c1-17(28)26(35)30-13-12-29-24-21-10-11-22(20-9-3-6-18-7-5-15-37-23(18)20)31-25(21)33-27(32-24)36-16-19-8-4-14-34(19)2/h3,6,9-11,19H,1,4-5,7-8,12-16H2,2H3,(H,30,35)(H,29,31,32,33)/t19-/m0/s1. The van der Waals surface area contributed by atoms with Crippen molar-refractivity contribution >= 4 is 34.5 Å². The number of likely N-dealkylation sites (tertiary alicyclic amines) is 1. The van der Waals surface area contributed by atoms with E-state index in [-0.39, 0.29) is 12.6 Å². The van der Waals surface area contributed by atoms with Gasteiger partial charge < -0.3 is 20.3 Å². The van der Waals surface area contributed by atoms with Gasteiger partial charge in [0.15, 0.2) is 11.5 Å². The Morgan fingerprint density at radius 2 is 2.11 bits per heavy atom. The number of ether oxygens (including phenoxy) is 1. The molecule has 8 nitrogen and oxygen atoms in total. The Bertz CT molecular complexity index is 1320. The summed E-state index contributed by atoms with van der Waals surface area (Å²) in [6.45, 7) is 5.11. The molecule has 10 heteroatoms. The molecule has 1 saturated heterocycles. The lowest BCUT2D eigenvalue weighted by molar-refractivity contribution is -0.118. The number of nitrogens with one attached hydrogen (secondary N) is 2. The van der Waals surface area contributed by atoms with Crippen molar-refractivity contribution in [3.05, 3.63) is 48.3 Å². The molecule has 0 spiro atoms. The highest BCUT2D eigenvalue weighted by Crippen LogP contribution is 2.38. The van der Waals surface area contributed by atoms with Gasteiger partial charge in [-0.05, 0) is 62.7 Å². The molecule has 1 fully saturated rings. The molecular weight excluding hydrogens is 491 g/mol. The van der Waals surface area contributed by atoms with Crippen molar-refractivity contribution in [3.63, 3.8) is 0 Å². The highest BCUT2D eigenvalue weighted by molar-refractivity contribution is 7.99. The van der Waals surface area contributed by atoms with Gasteiger partial charge in [-0.15, -0.1) is 11.8 Å². The lowest BCUT2D eigenvalue weighted by Gasteiger charge is -2.20. The molecule has 1 aromatic carbocycles. The molecular formula is C27H31FN6O2S. The molecule has 194 valence electrons. The largest absolute Gasteiger partial charge is 0.462 e. The smallest absolute Gasteiger partial charge is 0.320 e. The fourth-order valence-electron chi connectivity index (χ4n) is 4.74. The minimum atomic E-state index is -1.02. The fourth-order valence-corrected chi connectivity index (χ4v) is 5.92. The first-order chi connectivity index (χ1) is 18.0. The van der Waals surface area contributed by atoms with Crippen LogP contribution in [0.2, 0.25) is 0 Å². The Hall–Kier alpha value is -3.24. The molecule has 0 bridgehead atoms. The number of rotatable bonds is 9. The van der Waals surface area contributed by atoms with Crippen LogP contribution in [0.1, 0.15) is 24.8 Å². The van der Waals surface area contributed by atoms with E-state index in [4.69, 9.17) is 9.72 Å². The molecule has 5 rings (SSSR count). The number of hydrogen-bond donors (Lipinski definition) is 2. The van der Waals surface area contributed by atoms with Crippen LogP contribution < -0.4 is 15.4 Å². The number of nitrogens with zero attached hydrogens (tertiary/aromatic N) is 4. The molecule has 37 heavy (non-hydrogen) atoms. The number of halogens is 1. The first-order valence-electron chi connectivity index (χ1n) is 12.6. The molecule has 0 aliphatic carbocycles. The summed E-state index contributed by atoms with van der Waals surface area (Å²) >= 11 is 1.88. The summed E-state index contributed by atoms with van der Waals surface area (Å²) in [5.41, 5.74) is 3.87. The second-order valence-corrected chi connectivity index (χ2v) is 10.4. The second-order valence-electron chi connectivity index (χ2n) is 9.34. The molecule has 1 atom stereocenters. The van der Waals surface area contributed by atoms with Crippen LogP contribution in [0.15, 0.2) is 47.6 Å². The van der Waals surface area contributed by atoms with Crippen LogP contribution in [0, 0.1) is 0 Å². The van der Waals surface area contributed by atoms with Crippen molar-refractivity contribution in [2.24, 2.45) is 0 Å². The van der Waals surface area contributed by atoms with Gasteiger partial charge in [0.25, 0.3) is 5.91 Å². The zero-order valence-electron chi connectivity index (χ0n) is 20.9. The van der Waals surface area contributed by atoms with Gasteiger partial charge in [-0.1, -0.05) is 24.8 Å². The maximum atomic E-state index is 13.0. The van der Waals surface area contributed by atoms with E-state index in [9.17, 15) is 9.18 Å². The van der Waals surface area contributed by atoms with Gasteiger partial charge in [-0.3, -0.25) is 4.79 Å². The number of anilines is 1. The summed E-state index contributed by atoms with van der Waals surface area (Å²) < 4.78 is 19.0. The van der Waals surface area contributed by atoms with Crippen molar-refractivity contribution in [3.8, 4) is 17.3 Å². The number of aryl methyl sites for hydroxylation is 1. The third-order valence-electron chi connectivity index (χ3n) is 6.77. The maximum Gasteiger partial charge on any atom is 0.320 e. The van der Waals surface area contributed by atoms with E-state index in [1.165, 1.54) is 16.9 Å². The van der Waals surface area contributed by atoms with E-state index < -0.39 is 11.7 Å². The zero-order chi connectivity index (χ0) is 25.8. The number of fused-ring (bicyclic) bond motifs is 2. The van der Waals surface area contributed by atoms with E-state index in [2.05, 4.69) is 57.3 Å². The summed E-state index contributed by atoms with van der Waals surface area (Å²) in [7, 11) is 2.10. The van der Waals surface area contributed by atoms with Gasteiger partial charge in [-0.25, -0.2) is 9.37 Å². The summed E-state index contributed by atoms with van der Waals surface area (Å²) in [5.74, 6) is -0.183. The Kier molecular flexibility index (Phi) is 7.85. The fraction of sp³-hybridized carbons (Fsp3) is 0.407. The number of benzene rings is 1. The van der Waals surface area contributed by atoms with Gasteiger partial charge in [0.1, 0.15) is 12.4 Å². The van der Waals surface area contributed by atoms with Crippen LogP contribution >= 0.6 is 11.8 Å². The molecule has 3 aromatic rings. The van der Waals surface area contributed by atoms with Crippen molar-refractivity contribution in [2.75, 3.05) is 44.4 Å². The average Bonchev–Trinajstić information content (AvgIpc) is 3.33. The van der Waals surface area contributed by atoms with Crippen molar-refractivity contribution in [1.82, 2.24) is 25.2 Å². The van der Waals surface area contributed by atoms with Gasteiger partial charge in [0.05, 0.1) is 11.1 Å². The van der Waals surface area contributed by atoms with Gasteiger partial charge in [-0.2, -0.15) is 9.97 Å². The lowest BCUT2D eigenvalue weighted by atomic mass is 10.0. The summed E-state index contributed by atoms with van der Waals surface area (Å²) in [6.07, 6.45) is 4.50. The Morgan fingerprint density at radius 3 is 2.92 bits per heavy atom. The Morgan fingerprint density at radius 1 is 1.22 bits per heavy atom. The molecule has 2 aromatic heterocycles. The molecule has 1 amide bonds. The van der Waals surface area contributed by atoms with Crippen LogP contribution in [0.25, 0.3) is 22.3 Å². The third-order valence-corrected chi connectivity index (χ3v) is 8.04. The average molecular weight is 523 g/mol. The number of pyridine rings is 1. The van der Waals surface area contributed by atoms with Crippen LogP contribution in [0.3, 0.4) is 0 Å². The number of thioether (sulfide) groups is 1. The second kappa shape index (κ2) is 11.4. The van der Waals surface area contributed by atoms with Crippen molar-refractivity contribution < 1.29 is 13.9 Å². The highest BCUT2D eigenvalue weighted by Gasteiger charge is 2.22. The first kappa shape index (κ1) is 25.4. The molecule has 0 unspecified atom stereocenters. The molecule has 0 radical (unpaired) electrons. The third kappa shape index (κ3) is 5.86. The van der Waals surface area contributed by atoms with E-state index >= 15 is 0 Å². The minimum absolute atomic E-state index is 0.204. The number of carbonyl (C=O) groups excluding carboxylic acids is 1. The van der Waals surface area contributed by atoms with E-state index in [0.29, 0.717) is 30.7 Å². The minimum Gasteiger partial charge on any atom is -0.462 e. The topological polar surface area (TPSA) is 92.3 Å². The predicted octanol–water partition coefficient (Wildman–Crippen LogP) is 4.21. The monoisotopic (exact) mass is 522 g/mol. The van der Waals surface area contributed by atoms with Crippen LogP contribution in [0.5, 0.6) is 6.01 Å². The number of aromatic nitrogens is 3.